The van der Waals surface area contributed by atoms with Gasteiger partial charge in [0.1, 0.15) is 0 Å². The maximum atomic E-state index is 3.83. The Morgan fingerprint density at radius 1 is 0.929 bits per heavy atom. The monoisotopic (exact) mass is 226 g/mol. The van der Waals surface area contributed by atoms with Gasteiger partial charge < -0.3 is 19.3 Å². The first-order chi connectivity index (χ1) is 5.91. The van der Waals surface area contributed by atoms with Crippen LogP contribution in [0.3, 0.4) is 0 Å². The van der Waals surface area contributed by atoms with Gasteiger partial charge in [0.2, 0.25) is 0 Å². The van der Waals surface area contributed by atoms with Gasteiger partial charge in [0.05, 0.1) is 0 Å². The molecule has 14 heavy (non-hydrogen) atoms. The Hall–Kier alpha value is 0.796. The molecule has 0 aromatic heterocycles. The quantitative estimate of drug-likeness (QED) is 0.252. The van der Waals surface area contributed by atoms with Gasteiger partial charge in [-0.3, -0.25) is 0 Å². The number of hydrogen-bond acceptors (Lipinski definition) is 0. The molecule has 0 radical (unpaired) electrons. The Bertz CT molecular complexity index is 102. The van der Waals surface area contributed by atoms with E-state index >= 15 is 0 Å². The van der Waals surface area contributed by atoms with E-state index in [1.807, 2.05) is 0 Å². The van der Waals surface area contributed by atoms with Gasteiger partial charge in [-0.1, -0.05) is 44.8 Å². The first-order valence-electron chi connectivity index (χ1n) is 5.36. The number of allylic oxidation sites excluding steroid dienone is 2. The fourth-order valence-corrected chi connectivity index (χ4v) is 1.25. The van der Waals surface area contributed by atoms with Crippen molar-refractivity contribution in [2.75, 3.05) is 0 Å². The van der Waals surface area contributed by atoms with E-state index < -0.39 is 0 Å². The fourth-order valence-electron chi connectivity index (χ4n) is 1.25. The Morgan fingerprint density at radius 3 is 2.07 bits per heavy atom. The first-order valence-corrected chi connectivity index (χ1v) is 5.36. The third-order valence-electron chi connectivity index (χ3n) is 2.02. The Kier molecular flexibility index (Phi) is 28.0. The zero-order valence-corrected chi connectivity index (χ0v) is 11.8. The molecule has 0 aromatic carbocycles. The van der Waals surface area contributed by atoms with E-state index in [4.69, 9.17) is 0 Å². The van der Waals surface area contributed by atoms with E-state index in [0.717, 1.165) is 6.42 Å². The molecule has 0 N–H and O–H groups in total. The van der Waals surface area contributed by atoms with Gasteiger partial charge in [-0.2, -0.15) is 6.42 Å². The summed E-state index contributed by atoms with van der Waals surface area (Å²) in [7, 11) is 0. The molecule has 0 aliphatic carbocycles. The SMILES string of the molecule is [CH2-]CCCCCCC/C=C\CC.[Cl-].[Mg+2]. The molecule has 0 unspecified atom stereocenters. The summed E-state index contributed by atoms with van der Waals surface area (Å²) in [5, 5.41) is 0. The minimum atomic E-state index is 0. The second-order valence-electron chi connectivity index (χ2n) is 3.29. The van der Waals surface area contributed by atoms with Crippen LogP contribution in [-0.4, -0.2) is 23.1 Å². The van der Waals surface area contributed by atoms with Crippen molar-refractivity contribution in [1.82, 2.24) is 0 Å². The van der Waals surface area contributed by atoms with Crippen molar-refractivity contribution < 1.29 is 12.4 Å². The van der Waals surface area contributed by atoms with Crippen LogP contribution in [0.15, 0.2) is 12.2 Å². The molecule has 0 rings (SSSR count). The minimum absolute atomic E-state index is 0. The van der Waals surface area contributed by atoms with E-state index in [0.29, 0.717) is 0 Å². The Morgan fingerprint density at radius 2 is 1.50 bits per heavy atom. The molecular formula is C12H23ClMg. The molecule has 0 nitrogen and oxygen atoms in total. The van der Waals surface area contributed by atoms with Crippen LogP contribution < -0.4 is 12.4 Å². The van der Waals surface area contributed by atoms with Crippen LogP contribution in [0, 0.1) is 6.92 Å². The fraction of sp³-hybridized carbons (Fsp3) is 0.750. The number of hydrogen-bond donors (Lipinski definition) is 0. The summed E-state index contributed by atoms with van der Waals surface area (Å²) in [6.45, 7) is 6.02. The van der Waals surface area contributed by atoms with E-state index in [1.54, 1.807) is 0 Å². The largest absolute Gasteiger partial charge is 2.00 e. The maximum Gasteiger partial charge on any atom is 2.00 e. The minimum Gasteiger partial charge on any atom is -1.00 e. The molecule has 0 saturated carbocycles. The third-order valence-corrected chi connectivity index (χ3v) is 2.02. The normalized spacial score (nSPS) is 9.57. The molecular weight excluding hydrogens is 204 g/mol. The smallest absolute Gasteiger partial charge is 1.00 e. The van der Waals surface area contributed by atoms with Crippen LogP contribution in [0.4, 0.5) is 0 Å². The average Bonchev–Trinajstić information content (AvgIpc) is 2.10. The van der Waals surface area contributed by atoms with E-state index in [9.17, 15) is 0 Å². The molecule has 0 aliphatic heterocycles. The average molecular weight is 227 g/mol. The maximum absolute atomic E-state index is 3.83. The predicted octanol–water partition coefficient (Wildman–Crippen LogP) is 1.14. The van der Waals surface area contributed by atoms with Crippen LogP contribution in [0.2, 0.25) is 0 Å². The first kappa shape index (κ1) is 20.2. The molecule has 0 amide bonds. The molecule has 2 heteroatoms. The van der Waals surface area contributed by atoms with Crippen molar-refractivity contribution in [3.8, 4) is 0 Å². The molecule has 0 atom stereocenters. The van der Waals surface area contributed by atoms with Crippen LogP contribution in [-0.2, 0) is 0 Å². The van der Waals surface area contributed by atoms with Gasteiger partial charge in [-0.25, -0.2) is 0 Å². The third kappa shape index (κ3) is 18.6. The Labute approximate surface area is 112 Å². The van der Waals surface area contributed by atoms with Crippen LogP contribution in [0.5, 0.6) is 0 Å². The van der Waals surface area contributed by atoms with Gasteiger partial charge in [0.15, 0.2) is 0 Å². The van der Waals surface area contributed by atoms with Crippen molar-refractivity contribution in [1.29, 1.82) is 0 Å². The van der Waals surface area contributed by atoms with Crippen molar-refractivity contribution in [3.05, 3.63) is 19.1 Å². The molecule has 0 heterocycles. The summed E-state index contributed by atoms with van der Waals surface area (Å²) < 4.78 is 0. The molecule has 0 aromatic rings. The van der Waals surface area contributed by atoms with E-state index in [-0.39, 0.29) is 35.5 Å². The van der Waals surface area contributed by atoms with Crippen molar-refractivity contribution in [2.45, 2.75) is 58.3 Å². The topological polar surface area (TPSA) is 0 Å². The number of unbranched alkanes of at least 4 members (excludes halogenated alkanes) is 6. The summed E-state index contributed by atoms with van der Waals surface area (Å²) in [4.78, 5) is 0. The molecule has 0 bridgehead atoms. The molecule has 0 fully saturated rings. The van der Waals surface area contributed by atoms with E-state index in [2.05, 4.69) is 26.0 Å². The second kappa shape index (κ2) is 19.4. The predicted molar refractivity (Wildman–Crippen MR) is 62.9 cm³/mol. The van der Waals surface area contributed by atoms with Crippen LogP contribution in [0.25, 0.3) is 0 Å². The Balaban J connectivity index is -0.000000605. The summed E-state index contributed by atoms with van der Waals surface area (Å²) in [6.07, 6.45) is 15.0. The van der Waals surface area contributed by atoms with Gasteiger partial charge in [0, 0.05) is 0 Å². The van der Waals surface area contributed by atoms with Gasteiger partial charge in [-0.15, -0.1) is 0 Å². The van der Waals surface area contributed by atoms with Crippen molar-refractivity contribution in [2.24, 2.45) is 0 Å². The number of halogens is 1. The summed E-state index contributed by atoms with van der Waals surface area (Å²) in [6, 6.07) is 0. The van der Waals surface area contributed by atoms with Crippen LogP contribution in [0.1, 0.15) is 58.3 Å². The molecule has 80 valence electrons. The summed E-state index contributed by atoms with van der Waals surface area (Å²) >= 11 is 0. The van der Waals surface area contributed by atoms with Gasteiger partial charge in [-0.05, 0) is 19.3 Å². The standard InChI is InChI=1S/C12H23.ClH.Mg/c1-3-5-7-9-11-12-10-8-6-4-2;;/h6,8H,1,3-5,7,9-12H2,2H3;1H;/q-1;;+2/p-1/b8-6-;;. The molecule has 0 aliphatic rings. The summed E-state index contributed by atoms with van der Waals surface area (Å²) in [5.41, 5.74) is 0. The van der Waals surface area contributed by atoms with Crippen molar-refractivity contribution in [3.63, 3.8) is 0 Å². The molecule has 0 saturated heterocycles. The second-order valence-corrected chi connectivity index (χ2v) is 3.29. The van der Waals surface area contributed by atoms with Gasteiger partial charge >= 0.3 is 23.1 Å². The van der Waals surface area contributed by atoms with Gasteiger partial charge in [0.25, 0.3) is 0 Å². The zero-order chi connectivity index (χ0) is 9.07. The number of rotatable bonds is 8. The van der Waals surface area contributed by atoms with Crippen molar-refractivity contribution >= 4 is 23.1 Å². The van der Waals surface area contributed by atoms with Crippen LogP contribution >= 0.6 is 0 Å². The zero-order valence-electron chi connectivity index (χ0n) is 9.60. The molecule has 0 spiro atoms. The summed E-state index contributed by atoms with van der Waals surface area (Å²) in [5.74, 6) is 0. The van der Waals surface area contributed by atoms with E-state index in [1.165, 1.54) is 44.9 Å².